The van der Waals surface area contributed by atoms with Crippen molar-refractivity contribution in [2.75, 3.05) is 28.4 Å². The molecule has 0 amide bonds. The Kier molecular flexibility index (Phi) is 61.2. The molecule has 10 aromatic carbocycles. The Balaban J connectivity index is 0. The topological polar surface area (TPSA) is 244 Å². The van der Waals surface area contributed by atoms with Crippen LogP contribution in [0.1, 0.15) is 63.7 Å². The van der Waals surface area contributed by atoms with E-state index < -0.39 is 17.2 Å². The molecule has 0 heterocycles. The normalized spacial score (nSPS) is 10.3. The van der Waals surface area contributed by atoms with E-state index >= 15 is 0 Å². The predicted molar refractivity (Wildman–Crippen MR) is 424 cm³/mol. The summed E-state index contributed by atoms with van der Waals surface area (Å²) in [5, 5.41) is 69.4. The van der Waals surface area contributed by atoms with Crippen LogP contribution in [0.3, 0.4) is 0 Å². The zero-order valence-electron chi connectivity index (χ0n) is 57.1. The molecule has 28 heteroatoms. The first-order valence-corrected chi connectivity index (χ1v) is 35.4. The smallest absolute Gasteiger partial charge is 0.872 e. The van der Waals surface area contributed by atoms with E-state index in [2.05, 4.69) is 0 Å². The number of methoxy groups -OCH3 is 4. The molecule has 108 heavy (non-hydrogen) atoms. The van der Waals surface area contributed by atoms with E-state index in [4.69, 9.17) is 158 Å². The summed E-state index contributed by atoms with van der Waals surface area (Å²) < 4.78 is 16.2. The molecular formula is C80H66Cl12Gd2O14. The van der Waals surface area contributed by atoms with E-state index in [-0.39, 0.29) is 138 Å². The third-order valence-electron chi connectivity index (χ3n) is 12.3. The van der Waals surface area contributed by atoms with Gasteiger partial charge in [-0.15, -0.1) is 0 Å². The maximum atomic E-state index is 11.8. The summed E-state index contributed by atoms with van der Waals surface area (Å²) in [7, 11) is 5.82. The number of carbonyl (C=O) groups excluding carboxylic acids is 4. The molecule has 0 fully saturated rings. The molecule has 10 aromatic rings. The maximum absolute atomic E-state index is 11.8. The van der Waals surface area contributed by atoms with Gasteiger partial charge in [-0.1, -0.05) is 417 Å². The molecule has 2 radical (unpaired) electrons. The van der Waals surface area contributed by atoms with Crippen molar-refractivity contribution in [1.29, 1.82) is 0 Å². The number of rotatable bonds is 16. The SMILES string of the molecule is COc1cccc(OC)c1[O-].COc1cccc(OC)c1[O-].ClC(Cl)Cl.ClC(Cl)Cl.ClC(Cl)Cl.ClC(Cl)Cl.O=C(/C=C(\[O-])c1ccccc1)c1ccccc1.O=C(/C=C(\[O-])c1ccccc1)c1ccccc1.O=C(/C=C(\[O-])c1ccccc1)c1ccccc1.O=C(/C=C(\[O-])c1ccccc1)c1ccccc1.[Gd+3].[Gd+3]. The quantitative estimate of drug-likeness (QED) is 0.0378. The second kappa shape index (κ2) is 63.6. The summed E-state index contributed by atoms with van der Waals surface area (Å²) in [6.07, 6.45) is 4.52. The monoisotopic (exact) mass is 1990 g/mol. The van der Waals surface area contributed by atoms with Gasteiger partial charge in [0.2, 0.25) is 0 Å². The number of allylic oxidation sites excluding steroid dienone is 4. The second-order valence-corrected chi connectivity index (χ2v) is 27.3. The molecule has 0 unspecified atom stereocenters. The van der Waals surface area contributed by atoms with Crippen molar-refractivity contribution in [3.8, 4) is 34.5 Å². The van der Waals surface area contributed by atoms with Crippen molar-refractivity contribution < 1.29 is 149 Å². The van der Waals surface area contributed by atoms with Gasteiger partial charge in [-0.25, -0.2) is 0 Å². The van der Waals surface area contributed by atoms with Crippen LogP contribution in [-0.4, -0.2) is 68.8 Å². The van der Waals surface area contributed by atoms with Gasteiger partial charge in [0.1, 0.15) is 23.0 Å². The fraction of sp³-hybridized carbons (Fsp3) is 0.100. The zero-order chi connectivity index (χ0) is 79.2. The minimum Gasteiger partial charge on any atom is -0.872 e. The van der Waals surface area contributed by atoms with Crippen LogP contribution in [0.2, 0.25) is 0 Å². The van der Waals surface area contributed by atoms with Gasteiger partial charge in [-0.05, 0) is 82.3 Å². The number of para-hydroxylation sites is 2. The number of ketones is 4. The van der Waals surface area contributed by atoms with Crippen LogP contribution in [0, 0.1) is 79.9 Å². The molecule has 570 valence electrons. The van der Waals surface area contributed by atoms with Crippen LogP contribution in [0.4, 0.5) is 0 Å². The minimum atomic E-state index is -0.750. The van der Waals surface area contributed by atoms with Gasteiger partial charge in [0.15, 0.2) is 40.3 Å². The number of hydrogen-bond donors (Lipinski definition) is 0. The molecule has 14 nitrogen and oxygen atoms in total. The molecule has 0 aliphatic heterocycles. The summed E-state index contributed by atoms with van der Waals surface area (Å²) >= 11 is 57.7. The van der Waals surface area contributed by atoms with Gasteiger partial charge in [0.05, 0.1) is 28.4 Å². The first-order valence-electron chi connectivity index (χ1n) is 30.2. The maximum Gasteiger partial charge on any atom is 3.00 e. The third kappa shape index (κ3) is 48.6. The average molecular weight is 1990 g/mol. The van der Waals surface area contributed by atoms with Crippen molar-refractivity contribution in [2.45, 2.75) is 17.2 Å². The molecule has 0 atom stereocenters. The number of halogens is 12. The molecule has 0 N–H and O–H groups in total. The molecule has 0 bridgehead atoms. The summed E-state index contributed by atoms with van der Waals surface area (Å²) in [4.78, 5) is 47.0. The van der Waals surface area contributed by atoms with E-state index in [9.17, 15) is 49.8 Å². The van der Waals surface area contributed by atoms with Crippen molar-refractivity contribution in [1.82, 2.24) is 0 Å². The van der Waals surface area contributed by atoms with Crippen molar-refractivity contribution in [3.05, 3.63) is 348 Å². The van der Waals surface area contributed by atoms with Gasteiger partial charge in [0.25, 0.3) is 0 Å². The first-order chi connectivity index (χ1) is 50.6. The fourth-order valence-corrected chi connectivity index (χ4v) is 7.60. The standard InChI is InChI=1S/4C15H12O2.2C8H10O3.4CHCl3.2Gd/c4*16-14(12-7-3-1-4-8-12)11-15(17)13-9-5-2-6-10-13;2*1-10-6-4-3-5-7(11-2)8(6)9;4*2-1(3)4;;/h4*1-11,16H;2*3-5,9H,1-2H3;4*1H;;/q;;;;;;;;;;2*+3/p-6/b4*14-11-;;;;;;;;. The Hall–Kier alpha value is -6.03. The Bertz CT molecular complexity index is 3660. The molecule has 0 saturated carbocycles. The average Bonchev–Trinajstić information content (AvgIpc) is 0.869. The van der Waals surface area contributed by atoms with Gasteiger partial charge in [-0.3, -0.25) is 19.2 Å². The van der Waals surface area contributed by atoms with Crippen LogP contribution < -0.4 is 49.6 Å². The van der Waals surface area contributed by atoms with Crippen LogP contribution in [0.25, 0.3) is 23.0 Å². The van der Waals surface area contributed by atoms with Gasteiger partial charge in [-0.2, -0.15) is 0 Å². The number of carbonyl (C=O) groups is 4. The van der Waals surface area contributed by atoms with Gasteiger partial charge in [0, 0.05) is 22.3 Å². The second-order valence-electron chi connectivity index (χ2n) is 19.4. The number of ether oxygens (including phenoxy) is 4. The molecule has 0 aliphatic rings. The minimum absolute atomic E-state index is 0. The fourth-order valence-electron chi connectivity index (χ4n) is 7.60. The van der Waals surface area contributed by atoms with E-state index in [0.717, 1.165) is 24.3 Å². The molecular weight excluding hydrogens is 1920 g/mol. The largest absolute Gasteiger partial charge is 3.00 e. The Morgan fingerprint density at radius 3 is 0.481 bits per heavy atom. The molecule has 0 saturated heterocycles. The van der Waals surface area contributed by atoms with Crippen molar-refractivity contribution in [2.24, 2.45) is 0 Å². The van der Waals surface area contributed by atoms with E-state index in [1.165, 1.54) is 28.4 Å². The predicted octanol–water partition coefficient (Wildman–Crippen LogP) is 18.6. The summed E-state index contributed by atoms with van der Waals surface area (Å²) in [5.74, 6) is -1.30. The number of hydrogen-bond acceptors (Lipinski definition) is 14. The number of alkyl halides is 12. The number of benzene rings is 10. The van der Waals surface area contributed by atoms with Crippen LogP contribution in [-0.2, 0) is 0 Å². The summed E-state index contributed by atoms with van der Waals surface area (Å²) in [6.45, 7) is 0. The molecule has 0 aromatic heterocycles. The van der Waals surface area contributed by atoms with E-state index in [1.807, 2.05) is 48.5 Å². The van der Waals surface area contributed by atoms with E-state index in [1.54, 1.807) is 231 Å². The van der Waals surface area contributed by atoms with Crippen molar-refractivity contribution >= 4 is 185 Å². The van der Waals surface area contributed by atoms with Gasteiger partial charge < -0.3 is 49.6 Å². The van der Waals surface area contributed by atoms with Crippen LogP contribution in [0.15, 0.2) is 303 Å². The van der Waals surface area contributed by atoms with Crippen LogP contribution in [0.5, 0.6) is 34.5 Å². The molecule has 10 rings (SSSR count). The Morgan fingerprint density at radius 1 is 0.241 bits per heavy atom. The zero-order valence-corrected chi connectivity index (χ0v) is 70.7. The first kappa shape index (κ1) is 104. The van der Waals surface area contributed by atoms with Gasteiger partial charge >= 0.3 is 79.9 Å². The Labute approximate surface area is 752 Å². The Morgan fingerprint density at radius 2 is 0.361 bits per heavy atom. The van der Waals surface area contributed by atoms with Crippen LogP contribution >= 0.6 is 139 Å². The summed E-state index contributed by atoms with van der Waals surface area (Å²) in [5.41, 5.74) is 4.20. The van der Waals surface area contributed by atoms with E-state index in [0.29, 0.717) is 67.5 Å². The summed E-state index contributed by atoms with van der Waals surface area (Å²) in [6, 6.07) is 79.9. The van der Waals surface area contributed by atoms with Crippen molar-refractivity contribution in [3.63, 3.8) is 0 Å². The molecule has 0 aliphatic carbocycles. The molecule has 0 spiro atoms. The third-order valence-corrected chi connectivity index (χ3v) is 12.3.